The van der Waals surface area contributed by atoms with Crippen molar-refractivity contribution < 1.29 is 17.9 Å². The molecular weight excluding hydrogens is 352 g/mol. The summed E-state index contributed by atoms with van der Waals surface area (Å²) < 4.78 is 31.0. The number of sulfonamides is 1. The first kappa shape index (κ1) is 19.9. The maximum absolute atomic E-state index is 12.1. The van der Waals surface area contributed by atoms with Crippen LogP contribution in [0.1, 0.15) is 18.4 Å². The number of rotatable bonds is 8. The van der Waals surface area contributed by atoms with Gasteiger partial charge in [-0.1, -0.05) is 18.2 Å². The Kier molecular flexibility index (Phi) is 6.76. The van der Waals surface area contributed by atoms with E-state index in [4.69, 9.17) is 4.74 Å². The van der Waals surface area contributed by atoms with Gasteiger partial charge in [-0.15, -0.1) is 0 Å². The summed E-state index contributed by atoms with van der Waals surface area (Å²) in [6.07, 6.45) is 0.853. The van der Waals surface area contributed by atoms with Crippen molar-refractivity contribution in [1.82, 2.24) is 4.31 Å². The number of nitrogens with zero attached hydrogens (tertiary/aromatic N) is 1. The summed E-state index contributed by atoms with van der Waals surface area (Å²) in [6.45, 7) is 2.43. The Morgan fingerprint density at radius 1 is 1.12 bits per heavy atom. The van der Waals surface area contributed by atoms with Crippen molar-refractivity contribution in [1.29, 1.82) is 0 Å². The molecule has 0 heterocycles. The zero-order valence-corrected chi connectivity index (χ0v) is 16.0. The second-order valence-electron chi connectivity index (χ2n) is 6.13. The molecule has 0 aliphatic heterocycles. The molecule has 26 heavy (non-hydrogen) atoms. The van der Waals surface area contributed by atoms with Crippen molar-refractivity contribution in [2.45, 2.75) is 24.7 Å². The van der Waals surface area contributed by atoms with E-state index in [-0.39, 0.29) is 17.2 Å². The molecule has 0 spiro atoms. The van der Waals surface area contributed by atoms with Crippen molar-refractivity contribution in [3.05, 3.63) is 54.1 Å². The fourth-order valence-corrected chi connectivity index (χ4v) is 3.24. The van der Waals surface area contributed by atoms with Gasteiger partial charge in [-0.05, 0) is 49.2 Å². The molecule has 2 aromatic rings. The lowest BCUT2D eigenvalue weighted by Crippen LogP contribution is -2.22. The van der Waals surface area contributed by atoms with Crippen LogP contribution in [-0.2, 0) is 14.8 Å². The van der Waals surface area contributed by atoms with E-state index in [1.807, 2.05) is 31.2 Å². The van der Waals surface area contributed by atoms with E-state index >= 15 is 0 Å². The van der Waals surface area contributed by atoms with Gasteiger partial charge in [0, 0.05) is 26.2 Å². The van der Waals surface area contributed by atoms with E-state index in [9.17, 15) is 13.2 Å². The molecule has 2 rings (SSSR count). The highest BCUT2D eigenvalue weighted by Gasteiger charge is 2.17. The van der Waals surface area contributed by atoms with Crippen LogP contribution in [0.4, 0.5) is 5.69 Å². The van der Waals surface area contributed by atoms with Gasteiger partial charge >= 0.3 is 0 Å². The van der Waals surface area contributed by atoms with Crippen LogP contribution in [0, 0.1) is 6.92 Å². The first-order valence-corrected chi connectivity index (χ1v) is 9.75. The van der Waals surface area contributed by atoms with Gasteiger partial charge in [0.15, 0.2) is 0 Å². The Hall–Kier alpha value is -2.38. The van der Waals surface area contributed by atoms with E-state index in [0.29, 0.717) is 18.7 Å². The Labute approximate surface area is 154 Å². The number of amides is 1. The van der Waals surface area contributed by atoms with E-state index in [1.165, 1.54) is 26.2 Å². The number of hydrogen-bond donors (Lipinski definition) is 1. The average molecular weight is 376 g/mol. The normalized spacial score (nSPS) is 11.4. The van der Waals surface area contributed by atoms with Gasteiger partial charge in [-0.25, -0.2) is 12.7 Å². The molecule has 0 bridgehead atoms. The topological polar surface area (TPSA) is 75.7 Å². The van der Waals surface area contributed by atoms with Crippen LogP contribution < -0.4 is 10.1 Å². The highest BCUT2D eigenvalue weighted by atomic mass is 32.2. The molecule has 0 saturated carbocycles. The fraction of sp³-hybridized carbons (Fsp3) is 0.316. The molecule has 0 saturated heterocycles. The van der Waals surface area contributed by atoms with Crippen molar-refractivity contribution in [3.8, 4) is 5.75 Å². The van der Waals surface area contributed by atoms with Gasteiger partial charge in [-0.3, -0.25) is 4.79 Å². The van der Waals surface area contributed by atoms with Crippen LogP contribution in [0.25, 0.3) is 0 Å². The van der Waals surface area contributed by atoms with Crippen molar-refractivity contribution in [2.75, 3.05) is 26.0 Å². The Morgan fingerprint density at radius 3 is 2.54 bits per heavy atom. The number of carbonyl (C=O) groups excluding carboxylic acids is 1. The number of aryl methyl sites for hydroxylation is 1. The maximum Gasteiger partial charge on any atom is 0.242 e. The standard InChI is InChI=1S/C19H24N2O4S/c1-15-7-4-9-17(13-15)25-12-6-11-19(22)20-16-8-5-10-18(14-16)26(23,24)21(2)3/h4-5,7-10,13-14H,6,11-12H2,1-3H3,(H,20,22). The minimum absolute atomic E-state index is 0.142. The molecule has 0 aliphatic carbocycles. The van der Waals surface area contributed by atoms with Gasteiger partial charge in [0.25, 0.3) is 0 Å². The summed E-state index contributed by atoms with van der Waals surface area (Å²) in [4.78, 5) is 12.2. The van der Waals surface area contributed by atoms with Crippen molar-refractivity contribution in [3.63, 3.8) is 0 Å². The van der Waals surface area contributed by atoms with Gasteiger partial charge in [0.05, 0.1) is 11.5 Å². The van der Waals surface area contributed by atoms with Crippen LogP contribution in [0.2, 0.25) is 0 Å². The monoisotopic (exact) mass is 376 g/mol. The van der Waals surface area contributed by atoms with Crippen LogP contribution in [0.5, 0.6) is 5.75 Å². The minimum Gasteiger partial charge on any atom is -0.494 e. The summed E-state index contributed by atoms with van der Waals surface area (Å²) in [6, 6.07) is 14.0. The van der Waals surface area contributed by atoms with E-state index < -0.39 is 10.0 Å². The molecule has 0 radical (unpaired) electrons. The minimum atomic E-state index is -3.53. The smallest absolute Gasteiger partial charge is 0.242 e. The maximum atomic E-state index is 12.1. The lowest BCUT2D eigenvalue weighted by atomic mass is 10.2. The highest BCUT2D eigenvalue weighted by molar-refractivity contribution is 7.89. The zero-order chi connectivity index (χ0) is 19.2. The third-order valence-corrected chi connectivity index (χ3v) is 5.51. The molecule has 1 N–H and O–H groups in total. The number of benzene rings is 2. The third kappa shape index (κ3) is 5.57. The van der Waals surface area contributed by atoms with Gasteiger partial charge in [-0.2, -0.15) is 0 Å². The van der Waals surface area contributed by atoms with Crippen LogP contribution >= 0.6 is 0 Å². The highest BCUT2D eigenvalue weighted by Crippen LogP contribution is 2.18. The van der Waals surface area contributed by atoms with Gasteiger partial charge in [0.2, 0.25) is 15.9 Å². The number of nitrogens with one attached hydrogen (secondary N) is 1. The summed E-state index contributed by atoms with van der Waals surface area (Å²) in [5.74, 6) is 0.601. The fourth-order valence-electron chi connectivity index (χ4n) is 2.30. The molecule has 6 nitrogen and oxygen atoms in total. The van der Waals surface area contributed by atoms with Crippen molar-refractivity contribution >= 4 is 21.6 Å². The molecule has 1 amide bonds. The molecule has 140 valence electrons. The lowest BCUT2D eigenvalue weighted by Gasteiger charge is -2.12. The lowest BCUT2D eigenvalue weighted by molar-refractivity contribution is -0.116. The second-order valence-corrected chi connectivity index (χ2v) is 8.28. The largest absolute Gasteiger partial charge is 0.494 e. The van der Waals surface area contributed by atoms with Crippen LogP contribution in [0.3, 0.4) is 0 Å². The predicted octanol–water partition coefficient (Wildman–Crippen LogP) is 3.04. The van der Waals surface area contributed by atoms with Gasteiger partial charge in [0.1, 0.15) is 5.75 Å². The first-order valence-electron chi connectivity index (χ1n) is 8.31. The van der Waals surface area contributed by atoms with Crippen LogP contribution in [-0.4, -0.2) is 39.3 Å². The van der Waals surface area contributed by atoms with Gasteiger partial charge < -0.3 is 10.1 Å². The summed E-state index contributed by atoms with van der Waals surface area (Å²) in [5.41, 5.74) is 1.57. The molecule has 0 aliphatic rings. The molecule has 0 unspecified atom stereocenters. The first-order chi connectivity index (χ1) is 12.3. The van der Waals surface area contributed by atoms with E-state index in [0.717, 1.165) is 15.6 Å². The van der Waals surface area contributed by atoms with Crippen LogP contribution in [0.15, 0.2) is 53.4 Å². The predicted molar refractivity (Wildman–Crippen MR) is 102 cm³/mol. The Balaban J connectivity index is 1.84. The Bertz CT molecular complexity index is 863. The number of hydrogen-bond acceptors (Lipinski definition) is 4. The average Bonchev–Trinajstić information content (AvgIpc) is 2.59. The molecule has 0 fully saturated rings. The zero-order valence-electron chi connectivity index (χ0n) is 15.2. The summed E-state index contributed by atoms with van der Waals surface area (Å²) in [5, 5.41) is 2.72. The van der Waals surface area contributed by atoms with Crippen molar-refractivity contribution in [2.24, 2.45) is 0 Å². The third-order valence-electron chi connectivity index (χ3n) is 3.70. The molecular formula is C19H24N2O4S. The SMILES string of the molecule is Cc1cccc(OCCCC(=O)Nc2cccc(S(=O)(=O)N(C)C)c2)c1. The van der Waals surface area contributed by atoms with E-state index in [2.05, 4.69) is 5.32 Å². The molecule has 7 heteroatoms. The Morgan fingerprint density at radius 2 is 1.85 bits per heavy atom. The summed E-state index contributed by atoms with van der Waals surface area (Å²) in [7, 11) is -0.594. The quantitative estimate of drug-likeness (QED) is 0.719. The summed E-state index contributed by atoms with van der Waals surface area (Å²) >= 11 is 0. The number of anilines is 1. The second kappa shape index (κ2) is 8.82. The van der Waals surface area contributed by atoms with E-state index in [1.54, 1.807) is 12.1 Å². The molecule has 2 aromatic carbocycles. The number of carbonyl (C=O) groups is 1. The molecule has 0 atom stereocenters. The molecule has 0 aromatic heterocycles. The number of ether oxygens (including phenoxy) is 1.